The smallest absolute Gasteiger partial charge is 0.374 e. The third-order valence-electron chi connectivity index (χ3n) is 3.75. The van der Waals surface area contributed by atoms with Gasteiger partial charge < -0.3 is 13.3 Å². The Kier molecular flexibility index (Phi) is 13.5. The molecule has 0 aliphatic rings. The van der Waals surface area contributed by atoms with Gasteiger partial charge in [-0.3, -0.25) is 4.39 Å². The predicted molar refractivity (Wildman–Crippen MR) is 90.0 cm³/mol. The summed E-state index contributed by atoms with van der Waals surface area (Å²) in [7, 11) is -3.68. The van der Waals surface area contributed by atoms with Gasteiger partial charge in [0.25, 0.3) is 0 Å². The molecule has 0 rings (SSSR count). The third kappa shape index (κ3) is 8.65. The highest BCUT2D eigenvalue weighted by Gasteiger charge is 2.49. The fourth-order valence-corrected chi connectivity index (χ4v) is 5.12. The van der Waals surface area contributed by atoms with Crippen LogP contribution in [0.1, 0.15) is 33.6 Å². The van der Waals surface area contributed by atoms with E-state index < -0.39 is 65.0 Å². The molecule has 0 saturated heterocycles. The van der Waals surface area contributed by atoms with Crippen LogP contribution < -0.4 is 0 Å². The van der Waals surface area contributed by atoms with Crippen LogP contribution in [-0.4, -0.2) is 72.3 Å². The van der Waals surface area contributed by atoms with Gasteiger partial charge in [-0.15, -0.1) is 0 Å². The normalized spacial score (nSPS) is 19.3. The Bertz CT molecular complexity index is 367. The van der Waals surface area contributed by atoms with Crippen LogP contribution in [0.3, 0.4) is 0 Å². The molecule has 0 N–H and O–H groups in total. The van der Waals surface area contributed by atoms with Crippen LogP contribution >= 0.6 is 0 Å². The van der Waals surface area contributed by atoms with Crippen molar-refractivity contribution in [1.29, 1.82) is 0 Å². The molecule has 0 spiro atoms. The van der Waals surface area contributed by atoms with Gasteiger partial charge in [-0.1, -0.05) is 0 Å². The number of halogens is 7. The summed E-state index contributed by atoms with van der Waals surface area (Å²) in [6, 6.07) is -0.797. The highest BCUT2D eigenvalue weighted by molar-refractivity contribution is 6.60. The Balaban J connectivity index is 5.02. The maximum absolute atomic E-state index is 14.3. The van der Waals surface area contributed by atoms with Gasteiger partial charge >= 0.3 is 8.80 Å². The molecule has 0 aliphatic carbocycles. The van der Waals surface area contributed by atoms with Gasteiger partial charge in [-0.2, -0.15) is 0 Å². The molecule has 0 aliphatic heterocycles. The zero-order chi connectivity index (χ0) is 21.0. The minimum atomic E-state index is -3.68. The first kappa shape index (κ1) is 26.6. The Hall–Kier alpha value is -0.393. The van der Waals surface area contributed by atoms with E-state index in [1.165, 1.54) is 0 Å². The minimum absolute atomic E-state index is 0.0609. The molecule has 27 heavy (non-hydrogen) atoms. The lowest BCUT2D eigenvalue weighted by atomic mass is 10.00. The van der Waals surface area contributed by atoms with Gasteiger partial charge in [-0.25, -0.2) is 26.3 Å². The standard InChI is InChI=1S/C16H29F7O3Si/c1-4-24-27(25-5-2,26-6-3)10-12(19)14(21)16(23)15(22)13(20)11(18)8-7-9-17/h11-16H,4-10H2,1-3H3. The van der Waals surface area contributed by atoms with Crippen molar-refractivity contribution in [1.82, 2.24) is 0 Å². The summed E-state index contributed by atoms with van der Waals surface area (Å²) < 4.78 is 111. The molecule has 0 fully saturated rings. The molecular formula is C16H29F7O3Si. The van der Waals surface area contributed by atoms with Crippen LogP contribution in [0, 0.1) is 0 Å². The number of hydrogen-bond acceptors (Lipinski definition) is 3. The second-order valence-corrected chi connectivity index (χ2v) is 8.47. The van der Waals surface area contributed by atoms with Crippen LogP contribution in [0.5, 0.6) is 0 Å². The third-order valence-corrected chi connectivity index (χ3v) is 6.83. The number of alkyl halides is 7. The molecule has 0 heterocycles. The van der Waals surface area contributed by atoms with E-state index in [2.05, 4.69) is 0 Å². The van der Waals surface area contributed by atoms with Gasteiger partial charge in [0.15, 0.2) is 24.7 Å². The molecule has 0 aromatic carbocycles. The minimum Gasteiger partial charge on any atom is -0.374 e. The monoisotopic (exact) mass is 430 g/mol. The van der Waals surface area contributed by atoms with Gasteiger partial charge in [0.2, 0.25) is 0 Å². The van der Waals surface area contributed by atoms with Crippen molar-refractivity contribution in [2.24, 2.45) is 0 Å². The van der Waals surface area contributed by atoms with Crippen LogP contribution in [-0.2, 0) is 13.3 Å². The van der Waals surface area contributed by atoms with Crippen molar-refractivity contribution in [3.05, 3.63) is 0 Å². The van der Waals surface area contributed by atoms with Crippen LogP contribution in [0.2, 0.25) is 6.04 Å². The van der Waals surface area contributed by atoms with E-state index in [9.17, 15) is 30.7 Å². The molecule has 0 radical (unpaired) electrons. The highest BCUT2D eigenvalue weighted by Crippen LogP contribution is 2.29. The van der Waals surface area contributed by atoms with E-state index in [1.807, 2.05) is 0 Å². The topological polar surface area (TPSA) is 27.7 Å². The predicted octanol–water partition coefficient (Wildman–Crippen LogP) is 4.81. The lowest BCUT2D eigenvalue weighted by Crippen LogP contribution is -2.51. The van der Waals surface area contributed by atoms with Crippen molar-refractivity contribution in [2.75, 3.05) is 26.5 Å². The molecule has 3 nitrogen and oxygen atoms in total. The van der Waals surface area contributed by atoms with E-state index in [1.54, 1.807) is 20.8 Å². The second-order valence-electron chi connectivity index (χ2n) is 5.83. The van der Waals surface area contributed by atoms with Crippen molar-refractivity contribution in [2.45, 2.75) is 76.7 Å². The van der Waals surface area contributed by atoms with Gasteiger partial charge in [0.1, 0.15) is 12.3 Å². The molecule has 6 atom stereocenters. The van der Waals surface area contributed by atoms with E-state index in [0.29, 0.717) is 0 Å². The van der Waals surface area contributed by atoms with Crippen LogP contribution in [0.4, 0.5) is 30.7 Å². The fraction of sp³-hybridized carbons (Fsp3) is 1.00. The molecule has 0 aromatic heterocycles. The summed E-state index contributed by atoms with van der Waals surface area (Å²) in [6.07, 6.45) is -18.7. The van der Waals surface area contributed by atoms with Gasteiger partial charge in [-0.05, 0) is 33.6 Å². The maximum atomic E-state index is 14.3. The van der Waals surface area contributed by atoms with Crippen molar-refractivity contribution < 1.29 is 44.0 Å². The molecule has 6 unspecified atom stereocenters. The Labute approximate surface area is 156 Å². The molecule has 11 heteroatoms. The van der Waals surface area contributed by atoms with E-state index in [-0.39, 0.29) is 26.2 Å². The maximum Gasteiger partial charge on any atom is 0.504 e. The molecule has 0 amide bonds. The zero-order valence-corrected chi connectivity index (χ0v) is 16.8. The van der Waals surface area contributed by atoms with Crippen molar-refractivity contribution in [3.63, 3.8) is 0 Å². The average molecular weight is 430 g/mol. The van der Waals surface area contributed by atoms with Gasteiger partial charge in [0, 0.05) is 19.8 Å². The number of hydrogen-bond donors (Lipinski definition) is 0. The van der Waals surface area contributed by atoms with E-state index in [4.69, 9.17) is 13.3 Å². The molecule has 0 aromatic rings. The molecule has 0 saturated carbocycles. The SMILES string of the molecule is CCO[Si](CC(F)C(F)C(F)C(F)C(F)C(F)CCCF)(OCC)OCC. The summed E-state index contributed by atoms with van der Waals surface area (Å²) >= 11 is 0. The molecular weight excluding hydrogens is 401 g/mol. The van der Waals surface area contributed by atoms with Crippen LogP contribution in [0.25, 0.3) is 0 Å². The number of rotatable bonds is 16. The summed E-state index contributed by atoms with van der Waals surface area (Å²) in [4.78, 5) is 0. The van der Waals surface area contributed by atoms with Crippen LogP contribution in [0.15, 0.2) is 0 Å². The molecule has 0 bridgehead atoms. The molecule has 164 valence electrons. The first-order valence-corrected chi connectivity index (χ1v) is 10.9. The summed E-state index contributed by atoms with van der Waals surface area (Å²) in [5, 5.41) is 0. The quantitative estimate of drug-likeness (QED) is 0.260. The highest BCUT2D eigenvalue weighted by atomic mass is 28.4. The first-order chi connectivity index (χ1) is 12.7. The van der Waals surface area contributed by atoms with Crippen molar-refractivity contribution >= 4 is 8.80 Å². The van der Waals surface area contributed by atoms with Gasteiger partial charge in [0.05, 0.1) is 12.7 Å². The Morgan fingerprint density at radius 2 is 1.07 bits per heavy atom. The lowest BCUT2D eigenvalue weighted by molar-refractivity contribution is -0.0233. The summed E-state index contributed by atoms with van der Waals surface area (Å²) in [5.41, 5.74) is 0. The Morgan fingerprint density at radius 3 is 1.44 bits per heavy atom. The average Bonchev–Trinajstić information content (AvgIpc) is 2.64. The first-order valence-electron chi connectivity index (χ1n) is 9.01. The summed E-state index contributed by atoms with van der Waals surface area (Å²) in [5.74, 6) is 0. The Morgan fingerprint density at radius 1 is 0.667 bits per heavy atom. The second kappa shape index (κ2) is 13.7. The summed E-state index contributed by atoms with van der Waals surface area (Å²) in [6.45, 7) is 3.94. The van der Waals surface area contributed by atoms with E-state index >= 15 is 0 Å². The lowest BCUT2D eigenvalue weighted by Gasteiger charge is -2.31. The largest absolute Gasteiger partial charge is 0.504 e. The van der Waals surface area contributed by atoms with E-state index in [0.717, 1.165) is 0 Å². The zero-order valence-electron chi connectivity index (χ0n) is 15.8. The van der Waals surface area contributed by atoms with Crippen molar-refractivity contribution in [3.8, 4) is 0 Å². The fourth-order valence-electron chi connectivity index (χ4n) is 2.49.